The van der Waals surface area contributed by atoms with Gasteiger partial charge in [0.1, 0.15) is 0 Å². The average molecular weight is 288 g/mol. The SMILES string of the molecule is P/C=C/c1ccc(-c2ccccc2)cc1-c1ccccc1. The van der Waals surface area contributed by atoms with Gasteiger partial charge in [-0.3, -0.25) is 0 Å². The van der Waals surface area contributed by atoms with Gasteiger partial charge in [-0.1, -0.05) is 84.7 Å². The lowest BCUT2D eigenvalue weighted by molar-refractivity contribution is 1.57. The fourth-order valence-electron chi connectivity index (χ4n) is 2.48. The molecule has 0 fully saturated rings. The molecule has 0 aromatic heterocycles. The average Bonchev–Trinajstić information content (AvgIpc) is 2.57. The Morgan fingerprint density at radius 1 is 0.619 bits per heavy atom. The molecule has 0 heterocycles. The van der Waals surface area contributed by atoms with Gasteiger partial charge in [-0.15, -0.1) is 9.24 Å². The van der Waals surface area contributed by atoms with E-state index in [2.05, 4.69) is 88.1 Å². The molecule has 1 heteroatoms. The molecule has 3 aromatic rings. The van der Waals surface area contributed by atoms with Crippen LogP contribution >= 0.6 is 9.24 Å². The number of hydrogen-bond acceptors (Lipinski definition) is 0. The molecule has 0 bridgehead atoms. The lowest BCUT2D eigenvalue weighted by Gasteiger charge is -2.10. The molecule has 3 rings (SSSR count). The summed E-state index contributed by atoms with van der Waals surface area (Å²) in [5, 5.41) is 0. The van der Waals surface area contributed by atoms with Gasteiger partial charge in [0.25, 0.3) is 0 Å². The Balaban J connectivity index is 2.16. The Morgan fingerprint density at radius 3 is 1.86 bits per heavy atom. The molecule has 0 amide bonds. The molecule has 0 aliphatic heterocycles. The van der Waals surface area contributed by atoms with Gasteiger partial charge in [0.2, 0.25) is 0 Å². The third-order valence-electron chi connectivity index (χ3n) is 3.52. The lowest BCUT2D eigenvalue weighted by Crippen LogP contribution is -1.86. The fraction of sp³-hybridized carbons (Fsp3) is 0. The molecule has 0 radical (unpaired) electrons. The Morgan fingerprint density at radius 2 is 1.24 bits per heavy atom. The van der Waals surface area contributed by atoms with Crippen molar-refractivity contribution in [2.75, 3.05) is 0 Å². The minimum Gasteiger partial charge on any atom is -0.114 e. The van der Waals surface area contributed by atoms with E-state index < -0.39 is 0 Å². The van der Waals surface area contributed by atoms with E-state index in [1.807, 2.05) is 11.9 Å². The summed E-state index contributed by atoms with van der Waals surface area (Å²) in [6.45, 7) is 0. The van der Waals surface area contributed by atoms with Crippen molar-refractivity contribution in [1.82, 2.24) is 0 Å². The van der Waals surface area contributed by atoms with Gasteiger partial charge in [-0.25, -0.2) is 0 Å². The van der Waals surface area contributed by atoms with Crippen molar-refractivity contribution >= 4 is 15.3 Å². The second kappa shape index (κ2) is 6.52. The predicted octanol–water partition coefficient (Wildman–Crippen LogP) is 5.87. The summed E-state index contributed by atoms with van der Waals surface area (Å²) < 4.78 is 0. The highest BCUT2D eigenvalue weighted by atomic mass is 31.0. The fourth-order valence-corrected chi connectivity index (χ4v) is 2.69. The summed E-state index contributed by atoms with van der Waals surface area (Å²) in [7, 11) is 2.64. The van der Waals surface area contributed by atoms with Crippen molar-refractivity contribution < 1.29 is 0 Å². The second-order valence-corrected chi connectivity index (χ2v) is 5.28. The van der Waals surface area contributed by atoms with Crippen LogP contribution in [0.25, 0.3) is 28.3 Å². The molecule has 0 N–H and O–H groups in total. The first kappa shape index (κ1) is 13.8. The van der Waals surface area contributed by atoms with E-state index in [-0.39, 0.29) is 0 Å². The maximum atomic E-state index is 2.64. The molecule has 102 valence electrons. The predicted molar refractivity (Wildman–Crippen MR) is 96.1 cm³/mol. The van der Waals surface area contributed by atoms with Crippen molar-refractivity contribution in [3.8, 4) is 22.3 Å². The molecule has 0 aliphatic carbocycles. The third kappa shape index (κ3) is 3.12. The van der Waals surface area contributed by atoms with Crippen molar-refractivity contribution in [3.63, 3.8) is 0 Å². The van der Waals surface area contributed by atoms with Crippen LogP contribution in [0.4, 0.5) is 0 Å². The van der Waals surface area contributed by atoms with Gasteiger partial charge in [0, 0.05) is 0 Å². The zero-order valence-corrected chi connectivity index (χ0v) is 12.9. The Kier molecular flexibility index (Phi) is 4.28. The summed E-state index contributed by atoms with van der Waals surface area (Å²) in [5.74, 6) is 2.00. The lowest BCUT2D eigenvalue weighted by atomic mass is 9.94. The molecule has 1 unspecified atom stereocenters. The monoisotopic (exact) mass is 288 g/mol. The smallest absolute Gasteiger partial charge is 0.0105 e. The highest BCUT2D eigenvalue weighted by Gasteiger charge is 2.05. The summed E-state index contributed by atoms with van der Waals surface area (Å²) in [5.41, 5.74) is 6.23. The van der Waals surface area contributed by atoms with Crippen LogP contribution < -0.4 is 0 Å². The van der Waals surface area contributed by atoms with Crippen molar-refractivity contribution in [1.29, 1.82) is 0 Å². The van der Waals surface area contributed by atoms with E-state index in [0.717, 1.165) is 0 Å². The first-order valence-electron chi connectivity index (χ1n) is 7.01. The van der Waals surface area contributed by atoms with Crippen LogP contribution in [-0.2, 0) is 0 Å². The maximum Gasteiger partial charge on any atom is -0.0105 e. The minimum atomic E-state index is 1.23. The molecule has 0 saturated carbocycles. The molecular weight excluding hydrogens is 271 g/mol. The topological polar surface area (TPSA) is 0 Å². The minimum absolute atomic E-state index is 1.23. The van der Waals surface area contributed by atoms with Gasteiger partial charge in [-0.2, -0.15) is 0 Å². The van der Waals surface area contributed by atoms with Gasteiger partial charge in [0.05, 0.1) is 0 Å². The molecule has 1 atom stereocenters. The Labute approximate surface area is 128 Å². The van der Waals surface area contributed by atoms with Crippen LogP contribution in [0.15, 0.2) is 84.7 Å². The maximum absolute atomic E-state index is 2.64. The van der Waals surface area contributed by atoms with Crippen LogP contribution in [0.5, 0.6) is 0 Å². The zero-order chi connectivity index (χ0) is 14.5. The van der Waals surface area contributed by atoms with Gasteiger partial charge < -0.3 is 0 Å². The van der Waals surface area contributed by atoms with E-state index in [4.69, 9.17) is 0 Å². The van der Waals surface area contributed by atoms with Crippen molar-refractivity contribution in [2.45, 2.75) is 0 Å². The van der Waals surface area contributed by atoms with Gasteiger partial charge in [0.15, 0.2) is 0 Å². The molecule has 0 spiro atoms. The number of hydrogen-bond donors (Lipinski definition) is 0. The van der Waals surface area contributed by atoms with Gasteiger partial charge in [-0.05, 0) is 33.9 Å². The molecule has 21 heavy (non-hydrogen) atoms. The van der Waals surface area contributed by atoms with Crippen molar-refractivity contribution in [2.24, 2.45) is 0 Å². The van der Waals surface area contributed by atoms with Crippen LogP contribution in [0, 0.1) is 0 Å². The quantitative estimate of drug-likeness (QED) is 0.529. The molecule has 3 aromatic carbocycles. The van der Waals surface area contributed by atoms with E-state index in [9.17, 15) is 0 Å². The van der Waals surface area contributed by atoms with E-state index in [0.29, 0.717) is 0 Å². The number of rotatable bonds is 3. The first-order valence-corrected chi connectivity index (χ1v) is 7.68. The Bertz CT molecular complexity index is 743. The molecular formula is C20H17P. The highest BCUT2D eigenvalue weighted by molar-refractivity contribution is 7.21. The summed E-state index contributed by atoms with van der Waals surface area (Å²) >= 11 is 0. The van der Waals surface area contributed by atoms with Crippen LogP contribution in [-0.4, -0.2) is 0 Å². The van der Waals surface area contributed by atoms with E-state index in [1.54, 1.807) is 0 Å². The summed E-state index contributed by atoms with van der Waals surface area (Å²) in [6.07, 6.45) is 2.13. The highest BCUT2D eigenvalue weighted by Crippen LogP contribution is 2.30. The first-order chi connectivity index (χ1) is 10.4. The van der Waals surface area contributed by atoms with Crippen molar-refractivity contribution in [3.05, 3.63) is 90.2 Å². The normalized spacial score (nSPS) is 10.9. The molecule has 0 aliphatic rings. The third-order valence-corrected chi connectivity index (χ3v) is 3.71. The Hall–Kier alpha value is -2.17. The molecule has 0 nitrogen and oxygen atoms in total. The summed E-state index contributed by atoms with van der Waals surface area (Å²) in [4.78, 5) is 0. The van der Waals surface area contributed by atoms with Crippen LogP contribution in [0.3, 0.4) is 0 Å². The zero-order valence-electron chi connectivity index (χ0n) is 11.7. The largest absolute Gasteiger partial charge is 0.114 e. The second-order valence-electron chi connectivity index (χ2n) is 4.89. The molecule has 0 saturated heterocycles. The van der Waals surface area contributed by atoms with Crippen LogP contribution in [0.1, 0.15) is 5.56 Å². The number of benzene rings is 3. The van der Waals surface area contributed by atoms with Gasteiger partial charge >= 0.3 is 0 Å². The standard InChI is InChI=1S/C20H17P/c21-14-13-18-11-12-19(16-7-3-1-4-8-16)15-20(18)17-9-5-2-6-10-17/h1-15H,21H2/b14-13+. The van der Waals surface area contributed by atoms with E-state index >= 15 is 0 Å². The van der Waals surface area contributed by atoms with Crippen LogP contribution in [0.2, 0.25) is 0 Å². The van der Waals surface area contributed by atoms with E-state index in [1.165, 1.54) is 27.8 Å². The summed E-state index contributed by atoms with van der Waals surface area (Å²) in [6, 6.07) is 27.7.